The van der Waals surface area contributed by atoms with E-state index in [4.69, 9.17) is 0 Å². The highest BCUT2D eigenvalue weighted by atomic mass is 19.1. The van der Waals surface area contributed by atoms with Gasteiger partial charge in [0.05, 0.1) is 17.1 Å². The van der Waals surface area contributed by atoms with E-state index in [0.29, 0.717) is 23.2 Å². The molecule has 3 heterocycles. The van der Waals surface area contributed by atoms with Crippen LogP contribution < -0.4 is 10.9 Å². The van der Waals surface area contributed by atoms with E-state index in [9.17, 15) is 9.18 Å². The van der Waals surface area contributed by atoms with Gasteiger partial charge in [-0.05, 0) is 25.1 Å². The first-order chi connectivity index (χ1) is 11.2. The summed E-state index contributed by atoms with van der Waals surface area (Å²) in [5.74, 6) is -0.0566. The summed E-state index contributed by atoms with van der Waals surface area (Å²) in [5, 5.41) is 7.83. The normalized spacial score (nSPS) is 15.0. The number of benzene rings is 1. The number of hydrogen-bond donors (Lipinski definition) is 2. The molecule has 1 saturated heterocycles. The molecule has 23 heavy (non-hydrogen) atoms. The van der Waals surface area contributed by atoms with Crippen LogP contribution in [-0.4, -0.2) is 27.9 Å². The van der Waals surface area contributed by atoms with E-state index < -0.39 is 0 Å². The van der Waals surface area contributed by atoms with Crippen LogP contribution in [0, 0.1) is 5.82 Å². The van der Waals surface area contributed by atoms with E-state index in [1.54, 1.807) is 4.68 Å². The Hall–Kier alpha value is -2.47. The van der Waals surface area contributed by atoms with Crippen molar-refractivity contribution < 1.29 is 4.39 Å². The number of nitrogens with one attached hydrogen (secondary N) is 2. The molecule has 3 aromatic rings. The third-order valence-electron chi connectivity index (χ3n) is 4.48. The second-order valence-corrected chi connectivity index (χ2v) is 5.86. The largest absolute Gasteiger partial charge is 0.322 e. The average molecular weight is 312 g/mol. The molecule has 1 fully saturated rings. The van der Waals surface area contributed by atoms with E-state index in [0.717, 1.165) is 24.2 Å². The first-order valence-electron chi connectivity index (χ1n) is 7.76. The van der Waals surface area contributed by atoms with Gasteiger partial charge in [0.15, 0.2) is 0 Å². The molecule has 0 bridgehead atoms. The Balaban J connectivity index is 1.82. The highest BCUT2D eigenvalue weighted by molar-refractivity contribution is 5.84. The Kier molecular flexibility index (Phi) is 3.27. The number of aromatic amines is 1. The molecule has 0 spiro atoms. The summed E-state index contributed by atoms with van der Waals surface area (Å²) in [6.45, 7) is 4.29. The second-order valence-electron chi connectivity index (χ2n) is 5.86. The fraction of sp³-hybridized carbons (Fsp3) is 0.294. The zero-order chi connectivity index (χ0) is 16.0. The van der Waals surface area contributed by atoms with Gasteiger partial charge in [0.25, 0.3) is 5.56 Å². The number of hydrogen-bond acceptors (Lipinski definition) is 3. The summed E-state index contributed by atoms with van der Waals surface area (Å²) in [7, 11) is 0. The van der Waals surface area contributed by atoms with Gasteiger partial charge in [-0.25, -0.2) is 4.39 Å². The minimum atomic E-state index is -0.328. The van der Waals surface area contributed by atoms with Gasteiger partial charge in [-0.1, -0.05) is 6.07 Å². The fourth-order valence-corrected chi connectivity index (χ4v) is 3.03. The van der Waals surface area contributed by atoms with E-state index in [-0.39, 0.29) is 17.3 Å². The van der Waals surface area contributed by atoms with Crippen LogP contribution in [0.5, 0.6) is 0 Å². The minimum Gasteiger partial charge on any atom is -0.322 e. The molecule has 0 radical (unpaired) electrons. The minimum absolute atomic E-state index is 0.0986. The number of H-pyrrole nitrogens is 1. The standard InChI is InChI=1S/C17H17FN4O/c1-2-22-16-6-10(5-14(18)13(16)9-20-22)15-4-3-12(17(23)21-15)11-7-19-8-11/h3-6,9,11,19H,2,7-8H2,1H3,(H,21,23). The predicted octanol–water partition coefficient (Wildman–Crippen LogP) is 2.24. The molecule has 4 rings (SSSR count). The van der Waals surface area contributed by atoms with Crippen molar-refractivity contribution in [2.24, 2.45) is 0 Å². The third kappa shape index (κ3) is 2.26. The number of pyridine rings is 1. The molecule has 0 amide bonds. The van der Waals surface area contributed by atoms with Gasteiger partial charge in [0.1, 0.15) is 5.82 Å². The number of rotatable bonds is 3. The molecule has 1 aliphatic rings. The first kappa shape index (κ1) is 14.1. The fourth-order valence-electron chi connectivity index (χ4n) is 3.03. The van der Waals surface area contributed by atoms with Gasteiger partial charge in [-0.3, -0.25) is 9.48 Å². The number of fused-ring (bicyclic) bond motifs is 1. The summed E-state index contributed by atoms with van der Waals surface area (Å²) in [4.78, 5) is 15.2. The lowest BCUT2D eigenvalue weighted by Crippen LogP contribution is -2.42. The van der Waals surface area contributed by atoms with Crippen LogP contribution in [0.3, 0.4) is 0 Å². The molecule has 2 N–H and O–H groups in total. The van der Waals surface area contributed by atoms with Gasteiger partial charge >= 0.3 is 0 Å². The predicted molar refractivity (Wildman–Crippen MR) is 87.0 cm³/mol. The molecule has 1 aliphatic heterocycles. The van der Waals surface area contributed by atoms with Crippen molar-refractivity contribution in [3.05, 3.63) is 52.2 Å². The monoisotopic (exact) mass is 312 g/mol. The average Bonchev–Trinajstić information content (AvgIpc) is 2.91. The Morgan fingerprint density at radius 2 is 2.17 bits per heavy atom. The van der Waals surface area contributed by atoms with Gasteiger partial charge in [0, 0.05) is 42.4 Å². The van der Waals surface area contributed by atoms with Crippen molar-refractivity contribution in [2.75, 3.05) is 13.1 Å². The molecule has 118 valence electrons. The Morgan fingerprint density at radius 3 is 2.83 bits per heavy atom. The van der Waals surface area contributed by atoms with Crippen molar-refractivity contribution in [1.82, 2.24) is 20.1 Å². The summed E-state index contributed by atoms with van der Waals surface area (Å²) < 4.78 is 16.0. The molecule has 1 aromatic carbocycles. The smallest absolute Gasteiger partial charge is 0.251 e. The van der Waals surface area contributed by atoms with Gasteiger partial charge in [-0.2, -0.15) is 5.10 Å². The van der Waals surface area contributed by atoms with Gasteiger partial charge in [0.2, 0.25) is 0 Å². The molecular formula is C17H17FN4O. The van der Waals surface area contributed by atoms with Crippen LogP contribution in [0.4, 0.5) is 4.39 Å². The lowest BCUT2D eigenvalue weighted by molar-refractivity contribution is 0.445. The molecule has 5 nitrogen and oxygen atoms in total. The van der Waals surface area contributed by atoms with E-state index in [1.165, 1.54) is 12.3 Å². The molecule has 0 atom stereocenters. The quantitative estimate of drug-likeness (QED) is 0.779. The van der Waals surface area contributed by atoms with Gasteiger partial charge in [-0.15, -0.1) is 0 Å². The first-order valence-corrected chi connectivity index (χ1v) is 7.76. The Bertz CT molecular complexity index is 939. The summed E-state index contributed by atoms with van der Waals surface area (Å²) in [6, 6.07) is 7.01. The highest BCUT2D eigenvalue weighted by Gasteiger charge is 2.21. The van der Waals surface area contributed by atoms with Crippen molar-refractivity contribution in [2.45, 2.75) is 19.4 Å². The maximum atomic E-state index is 14.3. The third-order valence-corrected chi connectivity index (χ3v) is 4.48. The number of aromatic nitrogens is 3. The van der Waals surface area contributed by atoms with Crippen LogP contribution in [0.15, 0.2) is 35.3 Å². The van der Waals surface area contributed by atoms with Crippen molar-refractivity contribution in [3.8, 4) is 11.3 Å². The maximum absolute atomic E-state index is 14.3. The van der Waals surface area contributed by atoms with Crippen molar-refractivity contribution in [1.29, 1.82) is 0 Å². The van der Waals surface area contributed by atoms with Crippen LogP contribution in [0.1, 0.15) is 18.4 Å². The van der Waals surface area contributed by atoms with Crippen LogP contribution in [0.2, 0.25) is 0 Å². The lowest BCUT2D eigenvalue weighted by atomic mass is 9.94. The van der Waals surface area contributed by atoms with Crippen molar-refractivity contribution in [3.63, 3.8) is 0 Å². The molecular weight excluding hydrogens is 295 g/mol. The lowest BCUT2D eigenvalue weighted by Gasteiger charge is -2.26. The molecule has 0 aliphatic carbocycles. The summed E-state index contributed by atoms with van der Waals surface area (Å²) in [6.07, 6.45) is 1.54. The highest BCUT2D eigenvalue weighted by Crippen LogP contribution is 2.26. The molecule has 0 saturated carbocycles. The Morgan fingerprint density at radius 1 is 1.35 bits per heavy atom. The molecule has 2 aromatic heterocycles. The SMILES string of the molecule is CCn1ncc2c(F)cc(-c3ccc(C4CNC4)c(=O)[nH]3)cc21. The van der Waals surface area contributed by atoms with Crippen molar-refractivity contribution >= 4 is 10.9 Å². The summed E-state index contributed by atoms with van der Waals surface area (Å²) in [5.41, 5.74) is 2.69. The number of aryl methyl sites for hydroxylation is 1. The topological polar surface area (TPSA) is 62.7 Å². The Labute approximate surface area is 132 Å². The van der Waals surface area contributed by atoms with E-state index >= 15 is 0 Å². The number of halogens is 1. The summed E-state index contributed by atoms with van der Waals surface area (Å²) >= 11 is 0. The zero-order valence-electron chi connectivity index (χ0n) is 12.8. The van der Waals surface area contributed by atoms with Crippen LogP contribution in [-0.2, 0) is 6.54 Å². The van der Waals surface area contributed by atoms with E-state index in [2.05, 4.69) is 15.4 Å². The zero-order valence-corrected chi connectivity index (χ0v) is 12.8. The molecule has 6 heteroatoms. The van der Waals surface area contributed by atoms with E-state index in [1.807, 2.05) is 25.1 Å². The molecule has 0 unspecified atom stereocenters. The maximum Gasteiger partial charge on any atom is 0.251 e. The second kappa shape index (κ2) is 5.31. The van der Waals surface area contributed by atoms with Crippen LogP contribution in [0.25, 0.3) is 22.2 Å². The van der Waals surface area contributed by atoms with Crippen LogP contribution >= 0.6 is 0 Å². The number of nitrogens with zero attached hydrogens (tertiary/aromatic N) is 2. The van der Waals surface area contributed by atoms with Gasteiger partial charge < -0.3 is 10.3 Å².